The number of likely N-dealkylation sites (tertiary alicyclic amines) is 1. The summed E-state index contributed by atoms with van der Waals surface area (Å²) in [6, 6.07) is 0. The highest BCUT2D eigenvalue weighted by atomic mass is 16.4. The van der Waals surface area contributed by atoms with E-state index in [1.807, 2.05) is 13.8 Å². The third-order valence-electron chi connectivity index (χ3n) is 4.36. The number of amides is 2. The Morgan fingerprint density at radius 3 is 2.57 bits per heavy atom. The predicted molar refractivity (Wildman–Crippen MR) is 76.5 cm³/mol. The molecule has 6 heteroatoms. The molecule has 1 saturated heterocycles. The van der Waals surface area contributed by atoms with Gasteiger partial charge < -0.3 is 15.3 Å². The number of hydrogen-bond donors (Lipinski definition) is 2. The zero-order chi connectivity index (χ0) is 15.6. The van der Waals surface area contributed by atoms with Crippen LogP contribution in [0.3, 0.4) is 0 Å². The molecule has 0 aromatic carbocycles. The van der Waals surface area contributed by atoms with E-state index < -0.39 is 11.5 Å². The van der Waals surface area contributed by atoms with Crippen LogP contribution in [0, 0.1) is 11.8 Å². The molecule has 0 aromatic rings. The Labute approximate surface area is 124 Å². The van der Waals surface area contributed by atoms with Crippen LogP contribution in [0.5, 0.6) is 0 Å². The molecule has 6 nitrogen and oxygen atoms in total. The van der Waals surface area contributed by atoms with E-state index in [1.54, 1.807) is 4.90 Å². The summed E-state index contributed by atoms with van der Waals surface area (Å²) in [6.45, 7) is 5.20. The van der Waals surface area contributed by atoms with Gasteiger partial charge in [0.15, 0.2) is 0 Å². The molecule has 1 aliphatic carbocycles. The van der Waals surface area contributed by atoms with Crippen LogP contribution < -0.4 is 5.32 Å². The highest BCUT2D eigenvalue weighted by molar-refractivity contribution is 5.90. The Hall–Kier alpha value is -1.59. The largest absolute Gasteiger partial charge is 0.481 e. The summed E-state index contributed by atoms with van der Waals surface area (Å²) in [7, 11) is 0. The van der Waals surface area contributed by atoms with Crippen LogP contribution in [-0.4, -0.2) is 46.4 Å². The number of hydrogen-bond acceptors (Lipinski definition) is 3. The maximum absolute atomic E-state index is 12.3. The van der Waals surface area contributed by atoms with E-state index in [0.717, 1.165) is 6.42 Å². The van der Waals surface area contributed by atoms with E-state index in [4.69, 9.17) is 5.11 Å². The predicted octanol–water partition coefficient (Wildman–Crippen LogP) is 1.00. The van der Waals surface area contributed by atoms with Gasteiger partial charge in [-0.15, -0.1) is 0 Å². The normalized spacial score (nSPS) is 24.0. The minimum Gasteiger partial charge on any atom is -0.481 e. The van der Waals surface area contributed by atoms with Crippen molar-refractivity contribution in [2.45, 2.75) is 51.5 Å². The first kappa shape index (κ1) is 15.8. The summed E-state index contributed by atoms with van der Waals surface area (Å²) < 4.78 is 0. The molecule has 118 valence electrons. The molecule has 0 radical (unpaired) electrons. The summed E-state index contributed by atoms with van der Waals surface area (Å²) in [5, 5.41) is 11.9. The van der Waals surface area contributed by atoms with Crippen LogP contribution in [0.2, 0.25) is 0 Å². The van der Waals surface area contributed by atoms with Gasteiger partial charge in [-0.2, -0.15) is 0 Å². The van der Waals surface area contributed by atoms with Crippen molar-refractivity contribution >= 4 is 17.8 Å². The highest BCUT2D eigenvalue weighted by Crippen LogP contribution is 2.35. The lowest BCUT2D eigenvalue weighted by Gasteiger charge is -2.42. The van der Waals surface area contributed by atoms with E-state index in [0.29, 0.717) is 31.8 Å². The second-order valence-electron chi connectivity index (χ2n) is 6.79. The minimum absolute atomic E-state index is 0.0183. The van der Waals surface area contributed by atoms with Crippen molar-refractivity contribution < 1.29 is 19.5 Å². The third kappa shape index (κ3) is 3.74. The van der Waals surface area contributed by atoms with Crippen molar-refractivity contribution in [2.75, 3.05) is 13.1 Å². The van der Waals surface area contributed by atoms with Crippen molar-refractivity contribution in [3.8, 4) is 0 Å². The molecule has 2 rings (SSSR count). The third-order valence-corrected chi connectivity index (χ3v) is 4.36. The van der Waals surface area contributed by atoms with Crippen LogP contribution >= 0.6 is 0 Å². The first-order chi connectivity index (χ1) is 9.81. The average molecular weight is 296 g/mol. The van der Waals surface area contributed by atoms with Gasteiger partial charge in [0.2, 0.25) is 11.8 Å². The fraction of sp³-hybridized carbons (Fsp3) is 0.800. The lowest BCUT2D eigenvalue weighted by atomic mass is 9.74. The second kappa shape index (κ2) is 6.03. The summed E-state index contributed by atoms with van der Waals surface area (Å²) in [5.41, 5.74) is -0.586. The van der Waals surface area contributed by atoms with Gasteiger partial charge in [0.05, 0.1) is 17.9 Å². The molecule has 1 heterocycles. The van der Waals surface area contributed by atoms with Crippen LogP contribution in [0.1, 0.15) is 46.0 Å². The van der Waals surface area contributed by atoms with Gasteiger partial charge in [0, 0.05) is 19.5 Å². The Bertz CT molecular complexity index is 443. The van der Waals surface area contributed by atoms with E-state index in [-0.39, 0.29) is 30.6 Å². The molecule has 2 amide bonds. The number of nitrogens with one attached hydrogen (secondary N) is 1. The van der Waals surface area contributed by atoms with Gasteiger partial charge in [0.1, 0.15) is 0 Å². The molecule has 1 aliphatic heterocycles. The van der Waals surface area contributed by atoms with Crippen LogP contribution in [0.15, 0.2) is 0 Å². The SMILES string of the molecule is CC(C)CN1CC(C(=O)NC2(CC(=O)O)CCC2)CC1=O. The molecular formula is C15H24N2O4. The number of nitrogens with zero attached hydrogens (tertiary/aromatic N) is 1. The van der Waals surface area contributed by atoms with Crippen LogP contribution in [0.25, 0.3) is 0 Å². The van der Waals surface area contributed by atoms with Gasteiger partial charge in [-0.05, 0) is 25.2 Å². The first-order valence-corrected chi connectivity index (χ1v) is 7.63. The zero-order valence-electron chi connectivity index (χ0n) is 12.7. The molecular weight excluding hydrogens is 272 g/mol. The standard InChI is InChI=1S/C15H24N2O4/c1-10(2)8-17-9-11(6-12(17)18)14(21)16-15(4-3-5-15)7-13(19)20/h10-11H,3-9H2,1-2H3,(H,16,21)(H,19,20). The van der Waals surface area contributed by atoms with Crippen molar-refractivity contribution in [2.24, 2.45) is 11.8 Å². The van der Waals surface area contributed by atoms with Crippen molar-refractivity contribution in [1.82, 2.24) is 10.2 Å². The van der Waals surface area contributed by atoms with Crippen LogP contribution in [-0.2, 0) is 14.4 Å². The second-order valence-corrected chi connectivity index (χ2v) is 6.79. The van der Waals surface area contributed by atoms with Gasteiger partial charge >= 0.3 is 5.97 Å². The van der Waals surface area contributed by atoms with E-state index in [1.165, 1.54) is 0 Å². The fourth-order valence-corrected chi connectivity index (χ4v) is 3.17. The lowest BCUT2D eigenvalue weighted by Crippen LogP contribution is -2.56. The number of carbonyl (C=O) groups excluding carboxylic acids is 2. The van der Waals surface area contributed by atoms with Gasteiger partial charge in [0.25, 0.3) is 0 Å². The smallest absolute Gasteiger partial charge is 0.305 e. The number of carboxylic acid groups (broad SMARTS) is 1. The quantitative estimate of drug-likeness (QED) is 0.765. The lowest BCUT2D eigenvalue weighted by molar-refractivity contribution is -0.141. The maximum Gasteiger partial charge on any atom is 0.305 e. The van der Waals surface area contributed by atoms with Gasteiger partial charge in [-0.1, -0.05) is 13.8 Å². The number of aliphatic carboxylic acids is 1. The number of rotatable bonds is 6. The molecule has 2 N–H and O–H groups in total. The molecule has 2 aliphatic rings. The molecule has 1 atom stereocenters. The molecule has 21 heavy (non-hydrogen) atoms. The number of carboxylic acids is 1. The fourth-order valence-electron chi connectivity index (χ4n) is 3.17. The molecule has 1 unspecified atom stereocenters. The molecule has 0 spiro atoms. The topological polar surface area (TPSA) is 86.7 Å². The van der Waals surface area contributed by atoms with Crippen molar-refractivity contribution in [3.05, 3.63) is 0 Å². The van der Waals surface area contributed by atoms with Gasteiger partial charge in [-0.25, -0.2) is 0 Å². The molecule has 1 saturated carbocycles. The Kier molecular flexibility index (Phi) is 4.54. The van der Waals surface area contributed by atoms with E-state index in [9.17, 15) is 14.4 Å². The Morgan fingerprint density at radius 2 is 2.10 bits per heavy atom. The maximum atomic E-state index is 12.3. The first-order valence-electron chi connectivity index (χ1n) is 7.63. The summed E-state index contributed by atoms with van der Waals surface area (Å²) in [6.07, 6.45) is 2.57. The van der Waals surface area contributed by atoms with E-state index >= 15 is 0 Å². The molecule has 0 aromatic heterocycles. The van der Waals surface area contributed by atoms with Crippen molar-refractivity contribution in [3.63, 3.8) is 0 Å². The average Bonchev–Trinajstić information content (AvgIpc) is 2.66. The summed E-state index contributed by atoms with van der Waals surface area (Å²) in [4.78, 5) is 36.9. The van der Waals surface area contributed by atoms with E-state index in [2.05, 4.69) is 5.32 Å². The monoisotopic (exact) mass is 296 g/mol. The Morgan fingerprint density at radius 1 is 1.43 bits per heavy atom. The molecule has 0 bridgehead atoms. The van der Waals surface area contributed by atoms with Gasteiger partial charge in [-0.3, -0.25) is 14.4 Å². The summed E-state index contributed by atoms with van der Waals surface area (Å²) >= 11 is 0. The highest BCUT2D eigenvalue weighted by Gasteiger charge is 2.43. The Balaban J connectivity index is 1.92. The minimum atomic E-state index is -0.890. The van der Waals surface area contributed by atoms with Crippen molar-refractivity contribution in [1.29, 1.82) is 0 Å². The number of carbonyl (C=O) groups is 3. The molecule has 2 fully saturated rings. The summed E-state index contributed by atoms with van der Waals surface area (Å²) in [5.74, 6) is -1.01. The van der Waals surface area contributed by atoms with Crippen LogP contribution in [0.4, 0.5) is 0 Å². The zero-order valence-corrected chi connectivity index (χ0v) is 12.7.